The molecule has 1 aliphatic heterocycles. The zero-order valence-electron chi connectivity index (χ0n) is 6.31. The van der Waals surface area contributed by atoms with Gasteiger partial charge in [0.15, 0.2) is 0 Å². The molecule has 1 unspecified atom stereocenters. The van der Waals surface area contributed by atoms with E-state index < -0.39 is 0 Å². The van der Waals surface area contributed by atoms with Crippen LogP contribution >= 0.6 is 0 Å². The number of hydrogen-bond donors (Lipinski definition) is 0. The Labute approximate surface area is 62.4 Å². The third kappa shape index (κ3) is 1.63. The van der Waals surface area contributed by atoms with Crippen molar-refractivity contribution in [3.05, 3.63) is 25.0 Å². The molecule has 56 valence electrons. The van der Waals surface area contributed by atoms with Gasteiger partial charge in [-0.3, -0.25) is 0 Å². The monoisotopic (exact) mass is 138 g/mol. The maximum Gasteiger partial charge on any atom is 0.0922 e. The van der Waals surface area contributed by atoms with Gasteiger partial charge >= 0.3 is 0 Å². The SMILES string of the molecule is C=CCC1CCCOC1=C. The number of allylic oxidation sites excluding steroid dienone is 2. The Balaban J connectivity index is 2.39. The fourth-order valence-electron chi connectivity index (χ4n) is 1.26. The van der Waals surface area contributed by atoms with Crippen LogP contribution < -0.4 is 0 Å². The van der Waals surface area contributed by atoms with Crippen LogP contribution in [-0.4, -0.2) is 6.61 Å². The summed E-state index contributed by atoms with van der Waals surface area (Å²) in [7, 11) is 0. The number of rotatable bonds is 2. The molecule has 0 N–H and O–H groups in total. The molecule has 0 aromatic rings. The van der Waals surface area contributed by atoms with E-state index in [0.717, 1.165) is 25.2 Å². The maximum absolute atomic E-state index is 5.30. The van der Waals surface area contributed by atoms with Gasteiger partial charge in [0.2, 0.25) is 0 Å². The summed E-state index contributed by atoms with van der Waals surface area (Å²) >= 11 is 0. The van der Waals surface area contributed by atoms with E-state index in [9.17, 15) is 0 Å². The minimum absolute atomic E-state index is 0.534. The highest BCUT2D eigenvalue weighted by Crippen LogP contribution is 2.25. The summed E-state index contributed by atoms with van der Waals surface area (Å²) in [6.45, 7) is 8.39. The summed E-state index contributed by atoms with van der Waals surface area (Å²) < 4.78 is 5.30. The summed E-state index contributed by atoms with van der Waals surface area (Å²) in [6, 6.07) is 0. The van der Waals surface area contributed by atoms with E-state index in [4.69, 9.17) is 4.74 Å². The molecule has 1 saturated heterocycles. The summed E-state index contributed by atoms with van der Waals surface area (Å²) in [5.74, 6) is 1.48. The van der Waals surface area contributed by atoms with E-state index >= 15 is 0 Å². The highest BCUT2D eigenvalue weighted by Gasteiger charge is 2.16. The first-order valence-corrected chi connectivity index (χ1v) is 3.77. The molecule has 0 saturated carbocycles. The van der Waals surface area contributed by atoms with E-state index in [1.807, 2.05) is 6.08 Å². The average Bonchev–Trinajstić information content (AvgIpc) is 1.94. The minimum Gasteiger partial charge on any atom is -0.498 e. The van der Waals surface area contributed by atoms with E-state index in [1.54, 1.807) is 0 Å². The Bertz CT molecular complexity index is 138. The molecule has 0 amide bonds. The lowest BCUT2D eigenvalue weighted by Gasteiger charge is -2.23. The van der Waals surface area contributed by atoms with Gasteiger partial charge in [-0.2, -0.15) is 0 Å². The molecule has 10 heavy (non-hydrogen) atoms. The zero-order valence-corrected chi connectivity index (χ0v) is 6.31. The summed E-state index contributed by atoms with van der Waals surface area (Å²) in [5, 5.41) is 0. The number of hydrogen-bond acceptors (Lipinski definition) is 1. The van der Waals surface area contributed by atoms with Gasteiger partial charge < -0.3 is 4.74 Å². The zero-order chi connectivity index (χ0) is 7.40. The lowest BCUT2D eigenvalue weighted by molar-refractivity contribution is 0.130. The first-order chi connectivity index (χ1) is 4.84. The van der Waals surface area contributed by atoms with Crippen LogP contribution in [0.25, 0.3) is 0 Å². The minimum atomic E-state index is 0.534. The van der Waals surface area contributed by atoms with Crippen molar-refractivity contribution in [2.24, 2.45) is 5.92 Å². The fourth-order valence-corrected chi connectivity index (χ4v) is 1.26. The largest absolute Gasteiger partial charge is 0.498 e. The quantitative estimate of drug-likeness (QED) is 0.533. The van der Waals surface area contributed by atoms with Gasteiger partial charge in [-0.25, -0.2) is 0 Å². The molecule has 1 atom stereocenters. The van der Waals surface area contributed by atoms with E-state index in [-0.39, 0.29) is 0 Å². The second-order valence-electron chi connectivity index (χ2n) is 2.68. The number of ether oxygens (including phenoxy) is 1. The third-order valence-electron chi connectivity index (χ3n) is 1.89. The molecule has 0 spiro atoms. The van der Waals surface area contributed by atoms with Crippen LogP contribution in [0.15, 0.2) is 25.0 Å². The Morgan fingerprint density at radius 2 is 2.50 bits per heavy atom. The maximum atomic E-state index is 5.30. The molecule has 1 rings (SSSR count). The molecule has 1 aliphatic rings. The first kappa shape index (κ1) is 7.39. The molecule has 0 aromatic carbocycles. The van der Waals surface area contributed by atoms with Crippen molar-refractivity contribution >= 4 is 0 Å². The Morgan fingerprint density at radius 3 is 3.10 bits per heavy atom. The molecule has 0 aromatic heterocycles. The van der Waals surface area contributed by atoms with Gasteiger partial charge in [-0.05, 0) is 19.3 Å². The van der Waals surface area contributed by atoms with E-state index in [2.05, 4.69) is 13.2 Å². The standard InChI is InChI=1S/C9H14O/c1-3-5-9-6-4-7-10-8(9)2/h3,9H,1-2,4-7H2. The molecule has 0 aliphatic carbocycles. The molecule has 0 bridgehead atoms. The van der Waals surface area contributed by atoms with Crippen molar-refractivity contribution in [3.8, 4) is 0 Å². The van der Waals surface area contributed by atoms with Crippen LogP contribution in [0.3, 0.4) is 0 Å². The average molecular weight is 138 g/mol. The van der Waals surface area contributed by atoms with Crippen molar-refractivity contribution in [2.75, 3.05) is 6.61 Å². The molecule has 0 radical (unpaired) electrons. The highest BCUT2D eigenvalue weighted by molar-refractivity contribution is 4.96. The smallest absolute Gasteiger partial charge is 0.0922 e. The summed E-state index contributed by atoms with van der Waals surface area (Å²) in [6.07, 6.45) is 5.33. The van der Waals surface area contributed by atoms with Gasteiger partial charge in [-0.1, -0.05) is 12.7 Å². The van der Waals surface area contributed by atoms with Crippen LogP contribution in [0.4, 0.5) is 0 Å². The van der Waals surface area contributed by atoms with Crippen molar-refractivity contribution in [1.82, 2.24) is 0 Å². The lowest BCUT2D eigenvalue weighted by atomic mass is 9.96. The van der Waals surface area contributed by atoms with Crippen LogP contribution in [-0.2, 0) is 4.74 Å². The molecular weight excluding hydrogens is 124 g/mol. The second kappa shape index (κ2) is 3.45. The summed E-state index contributed by atoms with van der Waals surface area (Å²) in [4.78, 5) is 0. The van der Waals surface area contributed by atoms with Crippen LogP contribution in [0.1, 0.15) is 19.3 Å². The molecule has 1 heteroatoms. The first-order valence-electron chi connectivity index (χ1n) is 3.77. The fraction of sp³-hybridized carbons (Fsp3) is 0.556. The van der Waals surface area contributed by atoms with Crippen LogP contribution in [0.2, 0.25) is 0 Å². The Hall–Kier alpha value is -0.720. The van der Waals surface area contributed by atoms with E-state index in [1.165, 1.54) is 6.42 Å². The third-order valence-corrected chi connectivity index (χ3v) is 1.89. The Kier molecular flexibility index (Phi) is 2.55. The van der Waals surface area contributed by atoms with Crippen molar-refractivity contribution in [1.29, 1.82) is 0 Å². The molecule has 1 nitrogen and oxygen atoms in total. The van der Waals surface area contributed by atoms with Crippen molar-refractivity contribution in [2.45, 2.75) is 19.3 Å². The molecule has 1 fully saturated rings. The van der Waals surface area contributed by atoms with Gasteiger partial charge in [0.25, 0.3) is 0 Å². The molecular formula is C9H14O. The van der Waals surface area contributed by atoms with Gasteiger partial charge in [-0.15, -0.1) is 6.58 Å². The normalized spacial score (nSPS) is 25.6. The predicted octanol–water partition coefficient (Wildman–Crippen LogP) is 2.50. The Morgan fingerprint density at radius 1 is 1.70 bits per heavy atom. The summed E-state index contributed by atoms with van der Waals surface area (Å²) in [5.41, 5.74) is 0. The van der Waals surface area contributed by atoms with Crippen molar-refractivity contribution in [3.63, 3.8) is 0 Å². The topological polar surface area (TPSA) is 9.23 Å². The molecule has 1 heterocycles. The van der Waals surface area contributed by atoms with Crippen molar-refractivity contribution < 1.29 is 4.74 Å². The predicted molar refractivity (Wildman–Crippen MR) is 42.6 cm³/mol. The van der Waals surface area contributed by atoms with Gasteiger partial charge in [0, 0.05) is 5.92 Å². The van der Waals surface area contributed by atoms with Crippen LogP contribution in [0, 0.1) is 5.92 Å². The lowest BCUT2D eigenvalue weighted by Crippen LogP contribution is -2.13. The van der Waals surface area contributed by atoms with E-state index in [0.29, 0.717) is 5.92 Å². The van der Waals surface area contributed by atoms with Crippen LogP contribution in [0.5, 0.6) is 0 Å². The van der Waals surface area contributed by atoms with Gasteiger partial charge in [0.1, 0.15) is 0 Å². The highest BCUT2D eigenvalue weighted by atomic mass is 16.5. The second-order valence-corrected chi connectivity index (χ2v) is 2.68. The van der Waals surface area contributed by atoms with Gasteiger partial charge in [0.05, 0.1) is 12.4 Å².